The zero-order valence-electron chi connectivity index (χ0n) is 21.5. The summed E-state index contributed by atoms with van der Waals surface area (Å²) in [6.07, 6.45) is 4.34. The normalized spacial score (nSPS) is 11.8. The molecular formula is C29H36O6S. The van der Waals surface area contributed by atoms with Crippen LogP contribution in [0.2, 0.25) is 0 Å². The highest BCUT2D eigenvalue weighted by atomic mass is 32.2. The Morgan fingerprint density at radius 1 is 0.611 bits per heavy atom. The zero-order valence-corrected chi connectivity index (χ0v) is 22.3. The molecule has 3 rings (SSSR count). The molecular weight excluding hydrogens is 476 g/mol. The molecule has 0 fully saturated rings. The maximum absolute atomic E-state index is 13.0. The van der Waals surface area contributed by atoms with Gasteiger partial charge in [0.2, 0.25) is 9.84 Å². The van der Waals surface area contributed by atoms with Crippen molar-refractivity contribution in [1.82, 2.24) is 0 Å². The molecule has 7 heteroatoms. The van der Waals surface area contributed by atoms with E-state index in [-0.39, 0.29) is 15.4 Å². The summed E-state index contributed by atoms with van der Waals surface area (Å²) < 4.78 is 48.5. The molecule has 3 aromatic rings. The fraction of sp³-hybridized carbons (Fsp3) is 0.379. The summed E-state index contributed by atoms with van der Waals surface area (Å²) in [7, 11) is -1.92. The summed E-state index contributed by atoms with van der Waals surface area (Å²) in [5.41, 5.74) is -0.354. The number of benzene rings is 3. The molecule has 36 heavy (non-hydrogen) atoms. The van der Waals surface area contributed by atoms with Gasteiger partial charge in [-0.2, -0.15) is 0 Å². The highest BCUT2D eigenvalue weighted by Crippen LogP contribution is 2.28. The molecule has 0 saturated carbocycles. The third kappa shape index (κ3) is 8.57. The Hall–Kier alpha value is -3.03. The Labute approximate surface area is 215 Å². The second kappa shape index (κ2) is 12.8. The average molecular weight is 513 g/mol. The van der Waals surface area contributed by atoms with Crippen molar-refractivity contribution >= 4 is 9.84 Å². The van der Waals surface area contributed by atoms with Gasteiger partial charge in [0.05, 0.1) is 16.4 Å². The first-order valence-electron chi connectivity index (χ1n) is 12.2. The van der Waals surface area contributed by atoms with Gasteiger partial charge >= 0.3 is 0 Å². The van der Waals surface area contributed by atoms with Gasteiger partial charge < -0.3 is 18.9 Å². The minimum absolute atomic E-state index is 0.199. The molecule has 0 aromatic heterocycles. The Bertz CT molecular complexity index is 1160. The molecule has 0 aliphatic heterocycles. The summed E-state index contributed by atoms with van der Waals surface area (Å²) in [6.45, 7) is 7.31. The Morgan fingerprint density at radius 3 is 1.56 bits per heavy atom. The van der Waals surface area contributed by atoms with E-state index in [4.69, 9.17) is 18.9 Å². The first kappa shape index (κ1) is 27.6. The van der Waals surface area contributed by atoms with E-state index in [0.29, 0.717) is 23.9 Å². The smallest absolute Gasteiger partial charge is 0.206 e. The molecule has 0 spiro atoms. The molecule has 0 bridgehead atoms. The molecule has 0 N–H and O–H groups in total. The largest absolute Gasteiger partial charge is 0.494 e. The van der Waals surface area contributed by atoms with Gasteiger partial charge in [-0.1, -0.05) is 6.42 Å². The van der Waals surface area contributed by atoms with Crippen molar-refractivity contribution in [2.75, 3.05) is 20.3 Å². The van der Waals surface area contributed by atoms with E-state index in [1.165, 1.54) is 0 Å². The van der Waals surface area contributed by atoms with E-state index in [2.05, 4.69) is 0 Å². The summed E-state index contributed by atoms with van der Waals surface area (Å²) >= 11 is 0. The van der Waals surface area contributed by atoms with Crippen LogP contribution < -0.4 is 14.2 Å². The average Bonchev–Trinajstić information content (AvgIpc) is 2.84. The van der Waals surface area contributed by atoms with E-state index >= 15 is 0 Å². The molecule has 0 aliphatic carbocycles. The Balaban J connectivity index is 1.53. The molecule has 0 unspecified atom stereocenters. The van der Waals surface area contributed by atoms with Crippen molar-refractivity contribution < 1.29 is 27.4 Å². The van der Waals surface area contributed by atoms with Crippen LogP contribution in [-0.4, -0.2) is 34.3 Å². The third-order valence-corrected chi connectivity index (χ3v) is 7.05. The van der Waals surface area contributed by atoms with E-state index in [0.717, 1.165) is 38.0 Å². The van der Waals surface area contributed by atoms with E-state index in [1.807, 2.05) is 45.0 Å². The molecule has 0 aliphatic rings. The molecule has 0 atom stereocenters. The number of hydrogen-bond acceptors (Lipinski definition) is 6. The van der Waals surface area contributed by atoms with Gasteiger partial charge in [-0.05, 0) is 113 Å². The molecule has 3 aromatic carbocycles. The van der Waals surface area contributed by atoms with Gasteiger partial charge in [-0.3, -0.25) is 0 Å². The van der Waals surface area contributed by atoms with Crippen molar-refractivity contribution in [1.29, 1.82) is 0 Å². The minimum Gasteiger partial charge on any atom is -0.494 e. The summed E-state index contributed by atoms with van der Waals surface area (Å²) in [5.74, 6) is 2.61. The van der Waals surface area contributed by atoms with Crippen LogP contribution >= 0.6 is 0 Å². The lowest BCUT2D eigenvalue weighted by Crippen LogP contribution is -2.22. The van der Waals surface area contributed by atoms with Crippen molar-refractivity contribution in [3.63, 3.8) is 0 Å². The van der Waals surface area contributed by atoms with Crippen LogP contribution in [0.15, 0.2) is 82.6 Å². The quantitative estimate of drug-likeness (QED) is 0.228. The maximum Gasteiger partial charge on any atom is 0.206 e. The van der Waals surface area contributed by atoms with Crippen molar-refractivity contribution in [2.45, 2.75) is 61.8 Å². The van der Waals surface area contributed by atoms with Crippen LogP contribution in [0.4, 0.5) is 0 Å². The number of hydrogen-bond donors (Lipinski definition) is 0. The van der Waals surface area contributed by atoms with Crippen LogP contribution in [0.25, 0.3) is 0 Å². The van der Waals surface area contributed by atoms with E-state index in [1.54, 1.807) is 55.6 Å². The monoisotopic (exact) mass is 512 g/mol. The second-order valence-corrected chi connectivity index (χ2v) is 11.4. The first-order chi connectivity index (χ1) is 17.2. The number of rotatable bonds is 13. The van der Waals surface area contributed by atoms with Gasteiger partial charge in [0, 0.05) is 13.7 Å². The van der Waals surface area contributed by atoms with Crippen LogP contribution in [0, 0.1) is 0 Å². The van der Waals surface area contributed by atoms with Crippen LogP contribution in [0.5, 0.6) is 23.0 Å². The van der Waals surface area contributed by atoms with Crippen LogP contribution in [0.1, 0.15) is 46.5 Å². The molecule has 0 amide bonds. The first-order valence-corrected chi connectivity index (χ1v) is 13.7. The molecule has 0 heterocycles. The Morgan fingerprint density at radius 2 is 1.06 bits per heavy atom. The lowest BCUT2D eigenvalue weighted by Gasteiger charge is -2.21. The zero-order chi connectivity index (χ0) is 26.0. The molecule has 0 saturated heterocycles. The van der Waals surface area contributed by atoms with Gasteiger partial charge in [-0.25, -0.2) is 8.42 Å². The van der Waals surface area contributed by atoms with Crippen molar-refractivity contribution in [3.8, 4) is 23.0 Å². The van der Waals surface area contributed by atoms with Crippen LogP contribution in [-0.2, 0) is 14.6 Å². The number of ether oxygens (including phenoxy) is 4. The standard InChI is InChI=1S/C29H36O6S/c1-29(2,3)35-26-15-19-28(20-16-26)36(30,31)27-17-13-25(14-18-27)34-24-11-9-23(10-12-24)33-22-8-6-5-7-21-32-4/h9-20H,5-8,21-22H2,1-4H3. The molecule has 0 radical (unpaired) electrons. The second-order valence-electron chi connectivity index (χ2n) is 9.49. The highest BCUT2D eigenvalue weighted by Gasteiger charge is 2.19. The number of unbranched alkanes of at least 4 members (excludes halogenated alkanes) is 3. The topological polar surface area (TPSA) is 71.1 Å². The third-order valence-electron chi connectivity index (χ3n) is 5.26. The highest BCUT2D eigenvalue weighted by molar-refractivity contribution is 7.91. The van der Waals surface area contributed by atoms with E-state index in [9.17, 15) is 8.42 Å². The van der Waals surface area contributed by atoms with Gasteiger partial charge in [-0.15, -0.1) is 0 Å². The fourth-order valence-corrected chi connectivity index (χ4v) is 4.76. The van der Waals surface area contributed by atoms with Crippen molar-refractivity contribution in [3.05, 3.63) is 72.8 Å². The predicted octanol–water partition coefficient (Wildman–Crippen LogP) is 7.07. The number of methoxy groups -OCH3 is 1. The minimum atomic E-state index is -3.65. The SMILES string of the molecule is COCCCCCCOc1ccc(Oc2ccc(S(=O)(=O)c3ccc(OC(C)(C)C)cc3)cc2)cc1. The lowest BCUT2D eigenvalue weighted by molar-refractivity contribution is 0.131. The summed E-state index contributed by atoms with van der Waals surface area (Å²) in [6, 6.07) is 20.3. The van der Waals surface area contributed by atoms with Gasteiger partial charge in [0.1, 0.15) is 28.6 Å². The summed E-state index contributed by atoms with van der Waals surface area (Å²) in [4.78, 5) is 0.410. The van der Waals surface area contributed by atoms with Crippen LogP contribution in [0.3, 0.4) is 0 Å². The van der Waals surface area contributed by atoms with Gasteiger partial charge in [0.15, 0.2) is 0 Å². The van der Waals surface area contributed by atoms with Crippen molar-refractivity contribution in [2.24, 2.45) is 0 Å². The number of sulfone groups is 1. The molecule has 194 valence electrons. The Kier molecular flexibility index (Phi) is 9.79. The predicted molar refractivity (Wildman–Crippen MR) is 141 cm³/mol. The lowest BCUT2D eigenvalue weighted by atomic mass is 10.2. The summed E-state index contributed by atoms with van der Waals surface area (Å²) in [5, 5.41) is 0. The van der Waals surface area contributed by atoms with Gasteiger partial charge in [0.25, 0.3) is 0 Å². The molecule has 6 nitrogen and oxygen atoms in total. The fourth-order valence-electron chi connectivity index (χ4n) is 3.50. The maximum atomic E-state index is 13.0. The van der Waals surface area contributed by atoms with E-state index < -0.39 is 9.84 Å².